The maximum absolute atomic E-state index is 9.91. The number of allylic oxidation sites excluding steroid dienone is 2. The van der Waals surface area contributed by atoms with Crippen LogP contribution in [0.15, 0.2) is 46.5 Å². The standard InChI is InChI=1S/C18H17N5O/c1-3-5-14-12(8-19)16(13-9-21-22-18(13)23(14)2)11-6-4-7-15-17(11)20-10-24-15/h4,6-7,9-10,16H,3,5H2,1-2H3,(H,21,22). The lowest BCUT2D eigenvalue weighted by Gasteiger charge is -2.32. The van der Waals surface area contributed by atoms with Crippen LogP contribution in [0, 0.1) is 11.3 Å². The van der Waals surface area contributed by atoms with Crippen molar-refractivity contribution in [3.63, 3.8) is 0 Å². The van der Waals surface area contributed by atoms with Gasteiger partial charge in [0.25, 0.3) is 0 Å². The first-order valence-corrected chi connectivity index (χ1v) is 7.98. The number of H-pyrrole nitrogens is 1. The van der Waals surface area contributed by atoms with Crippen molar-refractivity contribution in [1.82, 2.24) is 15.2 Å². The van der Waals surface area contributed by atoms with Gasteiger partial charge in [-0.1, -0.05) is 25.5 Å². The van der Waals surface area contributed by atoms with Gasteiger partial charge in [0.05, 0.1) is 17.6 Å². The van der Waals surface area contributed by atoms with E-state index in [1.807, 2.05) is 36.3 Å². The first-order chi connectivity index (χ1) is 11.8. The molecule has 4 rings (SSSR count). The van der Waals surface area contributed by atoms with Crippen molar-refractivity contribution in [2.75, 3.05) is 11.9 Å². The molecule has 0 amide bonds. The van der Waals surface area contributed by atoms with Crippen molar-refractivity contribution in [2.45, 2.75) is 25.7 Å². The normalized spacial score (nSPS) is 17.2. The Bertz CT molecular complexity index is 975. The summed E-state index contributed by atoms with van der Waals surface area (Å²) in [5, 5.41) is 17.3. The van der Waals surface area contributed by atoms with Crippen LogP contribution in [0.3, 0.4) is 0 Å². The fourth-order valence-corrected chi connectivity index (χ4v) is 3.54. The van der Waals surface area contributed by atoms with Gasteiger partial charge in [0.15, 0.2) is 17.8 Å². The van der Waals surface area contributed by atoms with Crippen LogP contribution in [0.25, 0.3) is 11.1 Å². The van der Waals surface area contributed by atoms with E-state index in [1.165, 1.54) is 6.39 Å². The molecule has 120 valence electrons. The molecule has 0 bridgehead atoms. The van der Waals surface area contributed by atoms with Crippen LogP contribution < -0.4 is 4.90 Å². The third kappa shape index (κ3) is 1.95. The first kappa shape index (κ1) is 14.5. The molecule has 1 N–H and O–H groups in total. The van der Waals surface area contributed by atoms with Crippen LogP contribution in [0.4, 0.5) is 5.82 Å². The van der Waals surface area contributed by atoms with E-state index in [9.17, 15) is 5.26 Å². The molecule has 0 spiro atoms. The van der Waals surface area contributed by atoms with E-state index in [0.717, 1.165) is 52.2 Å². The molecule has 0 aliphatic carbocycles. The Morgan fingerprint density at radius 3 is 3.04 bits per heavy atom. The van der Waals surface area contributed by atoms with E-state index in [-0.39, 0.29) is 5.92 Å². The van der Waals surface area contributed by atoms with Gasteiger partial charge in [-0.15, -0.1) is 0 Å². The van der Waals surface area contributed by atoms with E-state index in [2.05, 4.69) is 28.2 Å². The fraction of sp³-hybridized carbons (Fsp3) is 0.278. The van der Waals surface area contributed by atoms with Gasteiger partial charge >= 0.3 is 0 Å². The molecular weight excluding hydrogens is 302 g/mol. The van der Waals surface area contributed by atoms with Crippen LogP contribution in [-0.2, 0) is 0 Å². The molecule has 1 unspecified atom stereocenters. The first-order valence-electron chi connectivity index (χ1n) is 7.98. The summed E-state index contributed by atoms with van der Waals surface area (Å²) in [7, 11) is 1.97. The van der Waals surface area contributed by atoms with Crippen molar-refractivity contribution in [3.8, 4) is 6.07 Å². The van der Waals surface area contributed by atoms with Crippen LogP contribution in [-0.4, -0.2) is 22.2 Å². The van der Waals surface area contributed by atoms with Gasteiger partial charge in [-0.2, -0.15) is 10.4 Å². The SMILES string of the molecule is CCCC1=C(C#N)C(c2cccc3ocnc23)c2c[nH]nc2N1C. The Kier molecular flexibility index (Phi) is 3.35. The van der Waals surface area contributed by atoms with Gasteiger partial charge in [0.1, 0.15) is 5.52 Å². The third-order valence-electron chi connectivity index (χ3n) is 4.59. The van der Waals surface area contributed by atoms with Crippen molar-refractivity contribution >= 4 is 16.9 Å². The molecule has 24 heavy (non-hydrogen) atoms. The van der Waals surface area contributed by atoms with E-state index in [0.29, 0.717) is 0 Å². The molecule has 0 saturated carbocycles. The summed E-state index contributed by atoms with van der Waals surface area (Å²) in [6.45, 7) is 2.11. The summed E-state index contributed by atoms with van der Waals surface area (Å²) in [4.78, 5) is 6.39. The molecule has 0 fully saturated rings. The minimum atomic E-state index is -0.185. The minimum absolute atomic E-state index is 0.185. The van der Waals surface area contributed by atoms with E-state index in [4.69, 9.17) is 4.42 Å². The van der Waals surface area contributed by atoms with Crippen LogP contribution in [0.5, 0.6) is 0 Å². The average molecular weight is 319 g/mol. The Balaban J connectivity index is 2.01. The number of nitriles is 1. The van der Waals surface area contributed by atoms with Gasteiger partial charge in [-0.25, -0.2) is 4.98 Å². The highest BCUT2D eigenvalue weighted by Crippen LogP contribution is 2.45. The summed E-state index contributed by atoms with van der Waals surface area (Å²) in [5.74, 6) is 0.679. The number of fused-ring (bicyclic) bond motifs is 2. The second-order valence-electron chi connectivity index (χ2n) is 5.92. The number of oxazole rings is 1. The number of aromatic amines is 1. The highest BCUT2D eigenvalue weighted by molar-refractivity contribution is 5.80. The lowest BCUT2D eigenvalue weighted by Crippen LogP contribution is -2.27. The zero-order valence-corrected chi connectivity index (χ0v) is 13.6. The van der Waals surface area contributed by atoms with E-state index < -0.39 is 0 Å². The van der Waals surface area contributed by atoms with Gasteiger partial charge in [0.2, 0.25) is 0 Å². The molecule has 3 heterocycles. The second kappa shape index (κ2) is 5.53. The summed E-state index contributed by atoms with van der Waals surface area (Å²) in [6.07, 6.45) is 5.11. The smallest absolute Gasteiger partial charge is 0.181 e. The maximum Gasteiger partial charge on any atom is 0.181 e. The zero-order chi connectivity index (χ0) is 16.7. The van der Waals surface area contributed by atoms with Gasteiger partial charge in [-0.3, -0.25) is 5.10 Å². The van der Waals surface area contributed by atoms with Crippen LogP contribution in [0.1, 0.15) is 36.8 Å². The van der Waals surface area contributed by atoms with Crippen molar-refractivity contribution in [2.24, 2.45) is 0 Å². The number of rotatable bonds is 3. The highest BCUT2D eigenvalue weighted by Gasteiger charge is 2.35. The Hall–Kier alpha value is -3.07. The number of benzene rings is 1. The topological polar surface area (TPSA) is 81.7 Å². The summed E-state index contributed by atoms with van der Waals surface area (Å²) < 4.78 is 5.44. The average Bonchev–Trinajstić information content (AvgIpc) is 3.25. The molecule has 0 radical (unpaired) electrons. The number of nitrogens with zero attached hydrogens (tertiary/aromatic N) is 4. The molecule has 1 aliphatic heterocycles. The Morgan fingerprint density at radius 1 is 1.38 bits per heavy atom. The quantitative estimate of drug-likeness (QED) is 0.796. The summed E-state index contributed by atoms with van der Waals surface area (Å²) in [5.41, 5.74) is 5.26. The number of para-hydroxylation sites is 1. The van der Waals surface area contributed by atoms with Gasteiger partial charge in [-0.05, 0) is 18.1 Å². The lowest BCUT2D eigenvalue weighted by molar-refractivity contribution is 0.602. The highest BCUT2D eigenvalue weighted by atomic mass is 16.3. The maximum atomic E-state index is 9.91. The van der Waals surface area contributed by atoms with Gasteiger partial charge < -0.3 is 9.32 Å². The molecule has 6 heteroatoms. The second-order valence-corrected chi connectivity index (χ2v) is 5.92. The molecule has 3 aromatic rings. The molecule has 2 aromatic heterocycles. The number of nitrogens with one attached hydrogen (secondary N) is 1. The van der Waals surface area contributed by atoms with Gasteiger partial charge in [0, 0.05) is 24.5 Å². The summed E-state index contributed by atoms with van der Waals surface area (Å²) in [6, 6.07) is 8.28. The molecular formula is C18H17N5O. The number of anilines is 1. The minimum Gasteiger partial charge on any atom is -0.443 e. The predicted octanol–water partition coefficient (Wildman–Crippen LogP) is 3.71. The Morgan fingerprint density at radius 2 is 2.25 bits per heavy atom. The van der Waals surface area contributed by atoms with Crippen molar-refractivity contribution in [1.29, 1.82) is 5.26 Å². The molecule has 1 atom stereocenters. The molecule has 0 saturated heterocycles. The largest absolute Gasteiger partial charge is 0.443 e. The van der Waals surface area contributed by atoms with Crippen molar-refractivity contribution < 1.29 is 4.42 Å². The number of aromatic nitrogens is 3. The van der Waals surface area contributed by atoms with Crippen LogP contribution >= 0.6 is 0 Å². The van der Waals surface area contributed by atoms with Crippen LogP contribution in [0.2, 0.25) is 0 Å². The monoisotopic (exact) mass is 319 g/mol. The van der Waals surface area contributed by atoms with E-state index in [1.54, 1.807) is 0 Å². The van der Waals surface area contributed by atoms with Crippen molar-refractivity contribution in [3.05, 3.63) is 53.2 Å². The zero-order valence-electron chi connectivity index (χ0n) is 13.6. The van der Waals surface area contributed by atoms with E-state index >= 15 is 0 Å². The molecule has 1 aliphatic rings. The molecule has 6 nitrogen and oxygen atoms in total. The third-order valence-corrected chi connectivity index (χ3v) is 4.59. The number of hydrogen-bond donors (Lipinski definition) is 1. The predicted molar refractivity (Wildman–Crippen MR) is 90.4 cm³/mol. The lowest BCUT2D eigenvalue weighted by atomic mass is 9.81. The Labute approximate surface area is 139 Å². The molecule has 1 aromatic carbocycles. The summed E-state index contributed by atoms with van der Waals surface area (Å²) >= 11 is 0. The number of hydrogen-bond acceptors (Lipinski definition) is 5. The fourth-order valence-electron chi connectivity index (χ4n) is 3.54.